The largest absolute Gasteiger partial charge is 0.396 e. The molecule has 0 rings (SSSR count). The second-order valence-corrected chi connectivity index (χ2v) is 2.74. The van der Waals surface area contributed by atoms with Crippen molar-refractivity contribution in [2.75, 3.05) is 13.2 Å². The van der Waals surface area contributed by atoms with Crippen LogP contribution in [0.2, 0.25) is 0 Å². The lowest BCUT2D eigenvalue weighted by atomic mass is 10.1. The molecule has 0 aliphatic carbocycles. The Labute approximate surface area is 67.7 Å². The summed E-state index contributed by atoms with van der Waals surface area (Å²) >= 11 is 0. The first-order valence-electron chi connectivity index (χ1n) is 4.21. The zero-order valence-corrected chi connectivity index (χ0v) is 6.87. The number of unbranched alkanes of at least 4 members (excludes halogenated alkanes) is 1. The van der Waals surface area contributed by atoms with Crippen molar-refractivity contribution in [2.24, 2.45) is 0 Å². The molecular formula is C8H18O3. The molecule has 3 heteroatoms. The predicted molar refractivity (Wildman–Crippen MR) is 43.3 cm³/mol. The Balaban J connectivity index is 3.02. The molecule has 3 N–H and O–H groups in total. The molecule has 0 bridgehead atoms. The molecule has 0 aromatic rings. The zero-order valence-electron chi connectivity index (χ0n) is 6.87. The van der Waals surface area contributed by atoms with E-state index in [9.17, 15) is 5.11 Å². The molecule has 0 aliphatic heterocycles. The maximum absolute atomic E-state index is 9.21. The van der Waals surface area contributed by atoms with E-state index in [4.69, 9.17) is 10.2 Å². The highest BCUT2D eigenvalue weighted by molar-refractivity contribution is 4.55. The van der Waals surface area contributed by atoms with Crippen molar-refractivity contribution >= 4 is 0 Å². The molecule has 0 spiro atoms. The first-order chi connectivity index (χ1) is 5.31. The third-order valence-electron chi connectivity index (χ3n) is 1.64. The van der Waals surface area contributed by atoms with Gasteiger partial charge in [-0.25, -0.2) is 0 Å². The van der Waals surface area contributed by atoms with Crippen molar-refractivity contribution in [2.45, 2.75) is 38.2 Å². The number of hydrogen-bond acceptors (Lipinski definition) is 3. The Hall–Kier alpha value is -0.120. The van der Waals surface area contributed by atoms with Crippen LogP contribution in [0.25, 0.3) is 0 Å². The van der Waals surface area contributed by atoms with Gasteiger partial charge in [-0.15, -0.1) is 0 Å². The maximum Gasteiger partial charge on any atom is 0.0541 e. The predicted octanol–water partition coefficient (Wildman–Crippen LogP) is 0.282. The number of rotatable bonds is 7. The highest BCUT2D eigenvalue weighted by atomic mass is 16.3. The van der Waals surface area contributed by atoms with Crippen LogP contribution in [0, 0.1) is 0 Å². The summed E-state index contributed by atoms with van der Waals surface area (Å²) < 4.78 is 0. The molecule has 68 valence electrons. The molecule has 0 saturated carbocycles. The fourth-order valence-electron chi connectivity index (χ4n) is 0.963. The minimum atomic E-state index is -0.298. The summed E-state index contributed by atoms with van der Waals surface area (Å²) in [6, 6.07) is 0. The van der Waals surface area contributed by atoms with E-state index >= 15 is 0 Å². The van der Waals surface area contributed by atoms with Gasteiger partial charge in [-0.2, -0.15) is 0 Å². The number of aliphatic hydroxyl groups excluding tert-OH is 3. The van der Waals surface area contributed by atoms with E-state index in [-0.39, 0.29) is 19.3 Å². The lowest BCUT2D eigenvalue weighted by Gasteiger charge is -2.07. The van der Waals surface area contributed by atoms with Crippen LogP contribution in [0.3, 0.4) is 0 Å². The maximum atomic E-state index is 9.21. The molecule has 1 atom stereocenters. The normalized spacial score (nSPS) is 13.4. The molecule has 0 saturated heterocycles. The van der Waals surface area contributed by atoms with Crippen molar-refractivity contribution < 1.29 is 15.3 Å². The summed E-state index contributed by atoms with van der Waals surface area (Å²) in [6.45, 7) is 0.351. The fraction of sp³-hybridized carbons (Fsp3) is 1.00. The van der Waals surface area contributed by atoms with Gasteiger partial charge in [0.25, 0.3) is 0 Å². The molecule has 0 aromatic carbocycles. The minimum Gasteiger partial charge on any atom is -0.396 e. The minimum absolute atomic E-state index is 0.150. The molecule has 0 heterocycles. The molecule has 0 aliphatic rings. The Morgan fingerprint density at radius 3 is 1.91 bits per heavy atom. The van der Waals surface area contributed by atoms with Crippen LogP contribution in [0.1, 0.15) is 32.1 Å². The van der Waals surface area contributed by atoms with E-state index in [1.807, 2.05) is 0 Å². The van der Waals surface area contributed by atoms with E-state index in [1.54, 1.807) is 0 Å². The highest BCUT2D eigenvalue weighted by Crippen LogP contribution is 2.05. The number of aliphatic hydroxyl groups is 3. The van der Waals surface area contributed by atoms with E-state index < -0.39 is 0 Å². The van der Waals surface area contributed by atoms with Crippen LogP contribution in [0.4, 0.5) is 0 Å². The van der Waals surface area contributed by atoms with Crippen LogP contribution in [-0.4, -0.2) is 34.6 Å². The quantitative estimate of drug-likeness (QED) is 0.471. The Kier molecular flexibility index (Phi) is 7.89. The van der Waals surface area contributed by atoms with Crippen LogP contribution in [0.5, 0.6) is 0 Å². The van der Waals surface area contributed by atoms with Gasteiger partial charge in [0.1, 0.15) is 0 Å². The first-order valence-corrected chi connectivity index (χ1v) is 4.21. The van der Waals surface area contributed by atoms with Gasteiger partial charge in [-0.05, 0) is 32.1 Å². The lowest BCUT2D eigenvalue weighted by molar-refractivity contribution is 0.135. The van der Waals surface area contributed by atoms with E-state index in [0.717, 1.165) is 19.3 Å². The molecule has 11 heavy (non-hydrogen) atoms. The summed E-state index contributed by atoms with van der Waals surface area (Å²) in [5.74, 6) is 0. The lowest BCUT2D eigenvalue weighted by Crippen LogP contribution is -2.07. The van der Waals surface area contributed by atoms with Gasteiger partial charge in [-0.1, -0.05) is 0 Å². The second kappa shape index (κ2) is 7.98. The summed E-state index contributed by atoms with van der Waals surface area (Å²) in [7, 11) is 0. The van der Waals surface area contributed by atoms with Crippen LogP contribution < -0.4 is 0 Å². The van der Waals surface area contributed by atoms with Gasteiger partial charge in [0.05, 0.1) is 6.10 Å². The first kappa shape index (κ1) is 10.9. The Bertz CT molecular complexity index is 75.7. The molecule has 0 unspecified atom stereocenters. The third kappa shape index (κ3) is 7.78. The Morgan fingerprint density at radius 2 is 1.36 bits per heavy atom. The van der Waals surface area contributed by atoms with Gasteiger partial charge < -0.3 is 15.3 Å². The molecule has 0 radical (unpaired) electrons. The summed E-state index contributed by atoms with van der Waals surface area (Å²) in [6.07, 6.45) is 3.40. The summed E-state index contributed by atoms with van der Waals surface area (Å²) in [4.78, 5) is 0. The SMILES string of the molecule is OCCCC[C@@H](O)CCCO. The van der Waals surface area contributed by atoms with Gasteiger partial charge in [0.2, 0.25) is 0 Å². The van der Waals surface area contributed by atoms with Crippen molar-refractivity contribution in [3.05, 3.63) is 0 Å². The molecular weight excluding hydrogens is 144 g/mol. The van der Waals surface area contributed by atoms with E-state index in [0.29, 0.717) is 12.8 Å². The summed E-state index contributed by atoms with van der Waals surface area (Å²) in [5, 5.41) is 26.1. The molecule has 3 nitrogen and oxygen atoms in total. The smallest absolute Gasteiger partial charge is 0.0541 e. The third-order valence-corrected chi connectivity index (χ3v) is 1.64. The van der Waals surface area contributed by atoms with Crippen molar-refractivity contribution in [1.29, 1.82) is 0 Å². The average molecular weight is 162 g/mol. The average Bonchev–Trinajstić information content (AvgIpc) is 2.01. The van der Waals surface area contributed by atoms with Gasteiger partial charge >= 0.3 is 0 Å². The van der Waals surface area contributed by atoms with Gasteiger partial charge in [0, 0.05) is 13.2 Å². The van der Waals surface area contributed by atoms with Gasteiger partial charge in [-0.3, -0.25) is 0 Å². The standard InChI is InChI=1S/C8H18O3/c9-6-2-1-4-8(11)5-3-7-10/h8-11H,1-7H2/t8-/m1/s1. The fourth-order valence-corrected chi connectivity index (χ4v) is 0.963. The van der Waals surface area contributed by atoms with Crippen LogP contribution >= 0.6 is 0 Å². The number of hydrogen-bond donors (Lipinski definition) is 3. The van der Waals surface area contributed by atoms with Gasteiger partial charge in [0.15, 0.2) is 0 Å². The van der Waals surface area contributed by atoms with Crippen molar-refractivity contribution in [3.63, 3.8) is 0 Å². The Morgan fingerprint density at radius 1 is 0.818 bits per heavy atom. The van der Waals surface area contributed by atoms with Crippen LogP contribution in [-0.2, 0) is 0 Å². The second-order valence-electron chi connectivity index (χ2n) is 2.74. The topological polar surface area (TPSA) is 60.7 Å². The molecule has 0 amide bonds. The molecule has 0 fully saturated rings. The zero-order chi connectivity index (χ0) is 8.53. The highest BCUT2D eigenvalue weighted by Gasteiger charge is 2.01. The molecule has 0 aromatic heterocycles. The van der Waals surface area contributed by atoms with E-state index in [1.165, 1.54) is 0 Å². The van der Waals surface area contributed by atoms with Crippen molar-refractivity contribution in [1.82, 2.24) is 0 Å². The monoisotopic (exact) mass is 162 g/mol. The van der Waals surface area contributed by atoms with Crippen LogP contribution in [0.15, 0.2) is 0 Å². The summed E-state index contributed by atoms with van der Waals surface area (Å²) in [5.41, 5.74) is 0. The van der Waals surface area contributed by atoms with Crippen molar-refractivity contribution in [3.8, 4) is 0 Å². The van der Waals surface area contributed by atoms with E-state index in [2.05, 4.69) is 0 Å².